The number of aromatic nitrogens is 4. The minimum atomic E-state index is -0.606. The number of nitrogens with zero attached hydrogens (tertiary/aromatic N) is 4. The number of hydrogen-bond donors (Lipinski definition) is 0. The highest BCUT2D eigenvalue weighted by atomic mass is 16.3. The molecule has 56 heavy (non-hydrogen) atoms. The van der Waals surface area contributed by atoms with Crippen LogP contribution in [0.25, 0.3) is 106 Å². The monoisotopic (exact) mass is 726 g/mol. The molecule has 0 aliphatic carbocycles. The molecule has 0 bridgehead atoms. The van der Waals surface area contributed by atoms with E-state index in [1.807, 2.05) is 121 Å². The molecule has 3 heterocycles. The van der Waals surface area contributed by atoms with Crippen molar-refractivity contribution in [3.05, 3.63) is 194 Å². The maximum Gasteiger partial charge on any atom is 0.166 e. The Labute approximate surface area is 336 Å². The van der Waals surface area contributed by atoms with Gasteiger partial charge in [0.15, 0.2) is 17.5 Å². The van der Waals surface area contributed by atoms with E-state index in [1.54, 1.807) is 4.57 Å². The zero-order valence-corrected chi connectivity index (χ0v) is 29.4. The number of rotatable bonds is 6. The molecule has 8 aromatic carbocycles. The van der Waals surface area contributed by atoms with Crippen LogP contribution in [0.15, 0.2) is 198 Å². The highest BCUT2D eigenvalue weighted by molar-refractivity contribution is 6.12. The van der Waals surface area contributed by atoms with Crippen LogP contribution in [0.5, 0.6) is 0 Å². The summed E-state index contributed by atoms with van der Waals surface area (Å²) in [4.78, 5) is 15.0. The minimum absolute atomic E-state index is 0.00730. The number of fused-ring (bicyclic) bond motifs is 6. The fourth-order valence-electron chi connectivity index (χ4n) is 7.35. The molecule has 0 spiro atoms. The van der Waals surface area contributed by atoms with Gasteiger partial charge in [-0.05, 0) is 47.0 Å². The van der Waals surface area contributed by atoms with Crippen LogP contribution in [0.2, 0.25) is 0 Å². The lowest BCUT2D eigenvalue weighted by Gasteiger charge is -2.17. The van der Waals surface area contributed by atoms with Crippen molar-refractivity contribution in [1.29, 1.82) is 0 Å². The van der Waals surface area contributed by atoms with Gasteiger partial charge in [-0.25, -0.2) is 15.0 Å². The highest BCUT2D eigenvalue weighted by Crippen LogP contribution is 2.42. The molecule has 0 unspecified atom stereocenters. The van der Waals surface area contributed by atoms with Gasteiger partial charge in [0.2, 0.25) is 0 Å². The third kappa shape index (κ3) is 5.29. The van der Waals surface area contributed by atoms with E-state index in [9.17, 15) is 5.48 Å². The number of para-hydroxylation sites is 3. The average Bonchev–Trinajstić information content (AvgIpc) is 3.92. The summed E-state index contributed by atoms with van der Waals surface area (Å²) in [5.41, 5.74) is 4.56. The molecule has 0 atom stereocenters. The van der Waals surface area contributed by atoms with E-state index in [4.69, 9.17) is 27.6 Å². The Morgan fingerprint density at radius 2 is 1.12 bits per heavy atom. The van der Waals surface area contributed by atoms with Crippen molar-refractivity contribution in [3.63, 3.8) is 0 Å². The van der Waals surface area contributed by atoms with Crippen LogP contribution in [0.1, 0.15) is 13.7 Å². The van der Waals surface area contributed by atoms with E-state index in [0.29, 0.717) is 39.6 Å². The fourth-order valence-corrected chi connectivity index (χ4v) is 7.35. The SMILES string of the molecule is [2H]c1cc([2H])c2c(c1[2H])c1c([2H])cc(-c3c([2H])c([2H])c([2H])c([2H])c3[2H])c([2H])c1n2-c1cc(-c2cccc3c2oc2ccccc23)ccc1-c1nc(-c2ccccc2)nc(-c2ccccc2)n1. The molecule has 5 heteroatoms. The first-order chi connectivity index (χ1) is 31.9. The third-order valence-corrected chi connectivity index (χ3v) is 9.93. The molecule has 0 radical (unpaired) electrons. The summed E-state index contributed by atoms with van der Waals surface area (Å²) in [6.45, 7) is 0. The van der Waals surface area contributed by atoms with Crippen LogP contribution in [-0.4, -0.2) is 19.5 Å². The smallest absolute Gasteiger partial charge is 0.166 e. The molecule has 3 aromatic heterocycles. The van der Waals surface area contributed by atoms with Crippen LogP contribution in [0.4, 0.5) is 0 Å². The van der Waals surface area contributed by atoms with Crippen molar-refractivity contribution >= 4 is 43.7 Å². The van der Waals surface area contributed by atoms with Crippen molar-refractivity contribution in [2.75, 3.05) is 0 Å². The number of hydrogen-bond acceptors (Lipinski definition) is 4. The third-order valence-electron chi connectivity index (χ3n) is 9.93. The van der Waals surface area contributed by atoms with E-state index >= 15 is 0 Å². The predicted molar refractivity (Wildman–Crippen MR) is 229 cm³/mol. The van der Waals surface area contributed by atoms with E-state index in [1.165, 1.54) is 12.1 Å². The van der Waals surface area contributed by atoms with Gasteiger partial charge in [-0.3, -0.25) is 0 Å². The van der Waals surface area contributed by atoms with Crippen molar-refractivity contribution in [3.8, 4) is 62.1 Å². The van der Waals surface area contributed by atoms with Crippen molar-refractivity contribution in [2.24, 2.45) is 0 Å². The fraction of sp³-hybridized carbons (Fsp3) is 0. The maximum absolute atomic E-state index is 9.97. The molecule has 0 amide bonds. The largest absolute Gasteiger partial charge is 0.455 e. The van der Waals surface area contributed by atoms with Gasteiger partial charge in [-0.2, -0.15) is 0 Å². The number of furan rings is 1. The molecule has 0 aliphatic heterocycles. The molecule has 11 aromatic rings. The second-order valence-corrected chi connectivity index (χ2v) is 13.2. The second-order valence-electron chi connectivity index (χ2n) is 13.2. The van der Waals surface area contributed by atoms with Crippen molar-refractivity contribution in [2.45, 2.75) is 0 Å². The van der Waals surface area contributed by atoms with Gasteiger partial charge >= 0.3 is 0 Å². The summed E-state index contributed by atoms with van der Waals surface area (Å²) >= 11 is 0. The van der Waals surface area contributed by atoms with Gasteiger partial charge in [0, 0.05) is 43.8 Å². The summed E-state index contributed by atoms with van der Waals surface area (Å²) < 4.78 is 98.0. The second kappa shape index (κ2) is 13.0. The molecule has 0 saturated carbocycles. The van der Waals surface area contributed by atoms with Gasteiger partial charge in [0.1, 0.15) is 11.2 Å². The Bertz CT molecular complexity index is 3750. The summed E-state index contributed by atoms with van der Waals surface area (Å²) in [7, 11) is 0. The quantitative estimate of drug-likeness (QED) is 0.171. The Kier molecular flexibility index (Phi) is 5.41. The van der Waals surface area contributed by atoms with Gasteiger partial charge in [0.25, 0.3) is 0 Å². The summed E-state index contributed by atoms with van der Waals surface area (Å²) in [6.07, 6.45) is 0. The molecular formula is C51H32N4O. The van der Waals surface area contributed by atoms with E-state index in [-0.39, 0.29) is 69.0 Å². The summed E-state index contributed by atoms with van der Waals surface area (Å²) in [6, 6.07) is 36.3. The lowest BCUT2D eigenvalue weighted by atomic mass is 9.99. The topological polar surface area (TPSA) is 56.7 Å². The van der Waals surface area contributed by atoms with Crippen LogP contribution in [0, 0.1) is 0 Å². The molecule has 0 fully saturated rings. The number of benzene rings is 8. The lowest BCUT2D eigenvalue weighted by Crippen LogP contribution is -2.04. The van der Waals surface area contributed by atoms with Crippen molar-refractivity contribution < 1.29 is 18.1 Å². The van der Waals surface area contributed by atoms with Gasteiger partial charge < -0.3 is 8.98 Å². The average molecular weight is 727 g/mol. The van der Waals surface area contributed by atoms with Gasteiger partial charge in [-0.1, -0.05) is 164 Å². The van der Waals surface area contributed by atoms with Gasteiger partial charge in [-0.15, -0.1) is 0 Å². The normalized spacial score (nSPS) is 14.1. The van der Waals surface area contributed by atoms with E-state index in [2.05, 4.69) is 0 Å². The highest BCUT2D eigenvalue weighted by Gasteiger charge is 2.22. The first kappa shape index (κ1) is 23.2. The predicted octanol–water partition coefficient (Wildman–Crippen LogP) is 13.2. The molecule has 262 valence electrons. The summed E-state index contributed by atoms with van der Waals surface area (Å²) in [5, 5.41) is 1.94. The first-order valence-electron chi connectivity index (χ1n) is 23.0. The van der Waals surface area contributed by atoms with Crippen LogP contribution in [0.3, 0.4) is 0 Å². The Morgan fingerprint density at radius 1 is 0.429 bits per heavy atom. The van der Waals surface area contributed by atoms with E-state index < -0.39 is 30.2 Å². The standard InChI is InChI=1S/C51H32N4O/c1-4-15-33(16-5-1)36-27-29-40-39-21-10-12-25-44(39)55(45(40)31-36)46-32-37(38-23-14-24-42-41-22-11-13-26-47(41)56-48(38)42)28-30-43(46)51-53-49(34-17-6-2-7-18-34)52-50(54-51)35-19-8-3-9-20-35/h1-32H/i1D,4D,5D,10D,15D,16D,21D,25D,29D,31D. The van der Waals surface area contributed by atoms with Crippen LogP contribution >= 0.6 is 0 Å². The Morgan fingerprint density at radius 3 is 1.91 bits per heavy atom. The Balaban J connectivity index is 1.31. The van der Waals surface area contributed by atoms with Crippen LogP contribution in [-0.2, 0) is 0 Å². The molecule has 11 rings (SSSR count). The lowest BCUT2D eigenvalue weighted by molar-refractivity contribution is 0.670. The van der Waals surface area contributed by atoms with Gasteiger partial charge in [0.05, 0.1) is 30.4 Å². The zero-order chi connectivity index (χ0) is 45.7. The molecule has 5 nitrogen and oxygen atoms in total. The molecule has 0 N–H and O–H groups in total. The van der Waals surface area contributed by atoms with Crippen LogP contribution < -0.4 is 0 Å². The first-order valence-corrected chi connectivity index (χ1v) is 18.0. The molecular weight excluding hydrogens is 685 g/mol. The zero-order valence-electron chi connectivity index (χ0n) is 39.4. The Hall–Kier alpha value is -7.63. The van der Waals surface area contributed by atoms with Crippen molar-refractivity contribution in [1.82, 2.24) is 19.5 Å². The summed E-state index contributed by atoms with van der Waals surface area (Å²) in [5.74, 6) is 0.959. The van der Waals surface area contributed by atoms with E-state index in [0.717, 1.165) is 27.5 Å². The minimum Gasteiger partial charge on any atom is -0.455 e. The maximum atomic E-state index is 9.97. The molecule has 0 aliphatic rings. The molecule has 0 saturated heterocycles.